The van der Waals surface area contributed by atoms with Crippen molar-refractivity contribution in [3.63, 3.8) is 0 Å². The molecule has 0 unspecified atom stereocenters. The van der Waals surface area contributed by atoms with Crippen molar-refractivity contribution in [1.82, 2.24) is 0 Å². The first kappa shape index (κ1) is 7.95. The molecule has 0 heterocycles. The first-order valence-electron chi connectivity index (χ1n) is 2.90. The predicted molar refractivity (Wildman–Crippen MR) is 41.3 cm³/mol. The molecule has 0 aromatic rings. The highest BCUT2D eigenvalue weighted by Gasteiger charge is 1.77. The van der Waals surface area contributed by atoms with Gasteiger partial charge in [-0.2, -0.15) is 0 Å². The Morgan fingerprint density at radius 1 is 1.78 bits per heavy atom. The summed E-state index contributed by atoms with van der Waals surface area (Å²) in [6, 6.07) is 0. The first-order chi connectivity index (χ1) is 4.31. The molecule has 9 heavy (non-hydrogen) atoms. The van der Waals surface area contributed by atoms with Gasteiger partial charge in [-0.05, 0) is 6.42 Å². The first-order valence-corrected chi connectivity index (χ1v) is 2.90. The molecule has 0 fully saturated rings. The fraction of sp³-hybridized carbons (Fsp3) is 0.286. The number of nitrogens with two attached hydrogens (primary N) is 1. The molecule has 0 amide bonds. The van der Waals surface area contributed by atoms with Crippen LogP contribution in [0.15, 0.2) is 29.5 Å². The van der Waals surface area contributed by atoms with Crippen LogP contribution in [-0.2, 0) is 0 Å². The molecule has 0 saturated carbocycles. The van der Waals surface area contributed by atoms with Gasteiger partial charge in [0.15, 0.2) is 0 Å². The minimum absolute atomic E-state index is 0.785. The molecule has 0 saturated heterocycles. The van der Waals surface area contributed by atoms with Crippen molar-refractivity contribution in [2.24, 2.45) is 10.7 Å². The molecule has 2 heteroatoms. The zero-order valence-corrected chi connectivity index (χ0v) is 5.67. The van der Waals surface area contributed by atoms with E-state index in [-0.39, 0.29) is 0 Å². The van der Waals surface area contributed by atoms with Crippen LogP contribution in [0.5, 0.6) is 0 Å². The van der Waals surface area contributed by atoms with Crippen molar-refractivity contribution in [1.29, 1.82) is 0 Å². The summed E-state index contributed by atoms with van der Waals surface area (Å²) in [6.07, 6.45) is 5.68. The molecule has 0 rings (SSSR count). The van der Waals surface area contributed by atoms with Crippen molar-refractivity contribution >= 4 is 6.21 Å². The van der Waals surface area contributed by atoms with Crippen molar-refractivity contribution in [3.8, 4) is 0 Å². The Morgan fingerprint density at radius 2 is 2.44 bits per heavy atom. The molecule has 2 N–H and O–H groups in total. The van der Waals surface area contributed by atoms with Gasteiger partial charge in [-0.3, -0.25) is 4.99 Å². The van der Waals surface area contributed by atoms with E-state index in [0.717, 1.165) is 12.1 Å². The molecule has 0 atom stereocenters. The summed E-state index contributed by atoms with van der Waals surface area (Å²) < 4.78 is 0. The summed E-state index contributed by atoms with van der Waals surface area (Å²) >= 11 is 0. The van der Waals surface area contributed by atoms with Crippen LogP contribution in [0.3, 0.4) is 0 Å². The normalized spacial score (nSPS) is 12.3. The minimum atomic E-state index is 0.785. The molecule has 0 bridgehead atoms. The Balaban J connectivity index is 3.67. The van der Waals surface area contributed by atoms with Crippen LogP contribution in [0.1, 0.15) is 13.3 Å². The average Bonchev–Trinajstić information content (AvgIpc) is 1.89. The summed E-state index contributed by atoms with van der Waals surface area (Å²) in [5, 5.41) is 0. The van der Waals surface area contributed by atoms with Gasteiger partial charge in [-0.1, -0.05) is 19.6 Å². The zero-order valence-electron chi connectivity index (χ0n) is 5.67. The van der Waals surface area contributed by atoms with Crippen LogP contribution in [0, 0.1) is 0 Å². The maximum atomic E-state index is 5.43. The fourth-order valence-electron chi connectivity index (χ4n) is 0.291. The topological polar surface area (TPSA) is 38.4 Å². The Kier molecular flexibility index (Phi) is 4.50. The summed E-state index contributed by atoms with van der Waals surface area (Å²) in [5.74, 6) is 0. The van der Waals surface area contributed by atoms with E-state index in [0.29, 0.717) is 0 Å². The Labute approximate surface area is 55.8 Å². The van der Waals surface area contributed by atoms with Crippen LogP contribution in [0.25, 0.3) is 0 Å². The lowest BCUT2D eigenvalue weighted by atomic mass is 10.4. The highest BCUT2D eigenvalue weighted by Crippen LogP contribution is 1.88. The minimum Gasteiger partial charge on any atom is -0.401 e. The molecule has 0 aromatic carbocycles. The standard InChI is InChI=1S/C7H12N2/c1-3-5-9-6-7(8)4-2/h3,5-6H,1,4,8H2,2H3/b7-6+,9-5?. The van der Waals surface area contributed by atoms with Gasteiger partial charge in [0.05, 0.1) is 0 Å². The van der Waals surface area contributed by atoms with E-state index in [1.165, 1.54) is 0 Å². The Hall–Kier alpha value is -1.05. The van der Waals surface area contributed by atoms with Gasteiger partial charge in [-0.25, -0.2) is 0 Å². The van der Waals surface area contributed by atoms with Crippen molar-refractivity contribution in [2.75, 3.05) is 0 Å². The second-order valence-electron chi connectivity index (χ2n) is 1.59. The van der Waals surface area contributed by atoms with Crippen LogP contribution < -0.4 is 5.73 Å². The number of aliphatic imine (C=N–C) groups is 1. The summed E-state index contributed by atoms with van der Waals surface area (Å²) in [4.78, 5) is 3.83. The highest BCUT2D eigenvalue weighted by atomic mass is 14.7. The molecular formula is C7H12N2. The van der Waals surface area contributed by atoms with E-state index < -0.39 is 0 Å². The van der Waals surface area contributed by atoms with Gasteiger partial charge in [0.2, 0.25) is 0 Å². The molecule has 0 aromatic heterocycles. The fourth-order valence-corrected chi connectivity index (χ4v) is 0.291. The molecule has 0 spiro atoms. The van der Waals surface area contributed by atoms with E-state index in [4.69, 9.17) is 5.73 Å². The van der Waals surface area contributed by atoms with E-state index in [1.54, 1.807) is 18.5 Å². The quantitative estimate of drug-likeness (QED) is 0.568. The Morgan fingerprint density at radius 3 is 2.89 bits per heavy atom. The number of rotatable bonds is 3. The largest absolute Gasteiger partial charge is 0.401 e. The van der Waals surface area contributed by atoms with Gasteiger partial charge < -0.3 is 5.73 Å². The third-order valence-electron chi connectivity index (χ3n) is 0.840. The Bertz CT molecular complexity index is 134. The lowest BCUT2D eigenvalue weighted by Crippen LogP contribution is -1.92. The van der Waals surface area contributed by atoms with Crippen LogP contribution in [0.2, 0.25) is 0 Å². The van der Waals surface area contributed by atoms with Crippen molar-refractivity contribution in [3.05, 3.63) is 24.6 Å². The molecule has 2 nitrogen and oxygen atoms in total. The number of hydrogen-bond acceptors (Lipinski definition) is 2. The molecule has 0 aliphatic carbocycles. The van der Waals surface area contributed by atoms with Crippen LogP contribution >= 0.6 is 0 Å². The number of nitrogens with zero attached hydrogens (tertiary/aromatic N) is 1. The zero-order chi connectivity index (χ0) is 7.11. The van der Waals surface area contributed by atoms with Gasteiger partial charge in [0.1, 0.15) is 0 Å². The second kappa shape index (κ2) is 5.09. The number of hydrogen-bond donors (Lipinski definition) is 1. The monoisotopic (exact) mass is 124 g/mol. The molecule has 0 aliphatic rings. The van der Waals surface area contributed by atoms with E-state index in [1.807, 2.05) is 6.92 Å². The van der Waals surface area contributed by atoms with E-state index in [2.05, 4.69) is 11.6 Å². The van der Waals surface area contributed by atoms with Crippen molar-refractivity contribution in [2.45, 2.75) is 13.3 Å². The van der Waals surface area contributed by atoms with Gasteiger partial charge in [-0.15, -0.1) is 0 Å². The summed E-state index contributed by atoms with van der Waals surface area (Å²) in [6.45, 7) is 5.45. The summed E-state index contributed by atoms with van der Waals surface area (Å²) in [5.41, 5.74) is 6.21. The van der Waals surface area contributed by atoms with E-state index in [9.17, 15) is 0 Å². The third kappa shape index (κ3) is 4.81. The highest BCUT2D eigenvalue weighted by molar-refractivity contribution is 5.70. The second-order valence-corrected chi connectivity index (χ2v) is 1.59. The van der Waals surface area contributed by atoms with Gasteiger partial charge in [0, 0.05) is 18.1 Å². The molecule has 50 valence electrons. The van der Waals surface area contributed by atoms with E-state index >= 15 is 0 Å². The maximum Gasteiger partial charge on any atom is 0.0455 e. The SMILES string of the molecule is C=CC=N/C=C(/N)CC. The van der Waals surface area contributed by atoms with Gasteiger partial charge in [0.25, 0.3) is 0 Å². The molecule has 0 aliphatic heterocycles. The lowest BCUT2D eigenvalue weighted by molar-refractivity contribution is 1.06. The predicted octanol–water partition coefficient (Wildman–Crippen LogP) is 1.45. The van der Waals surface area contributed by atoms with Gasteiger partial charge >= 0.3 is 0 Å². The van der Waals surface area contributed by atoms with Crippen LogP contribution in [0.4, 0.5) is 0 Å². The number of allylic oxidation sites excluding steroid dienone is 2. The van der Waals surface area contributed by atoms with Crippen LogP contribution in [-0.4, -0.2) is 6.21 Å². The maximum absolute atomic E-state index is 5.43. The third-order valence-corrected chi connectivity index (χ3v) is 0.840. The summed E-state index contributed by atoms with van der Waals surface area (Å²) in [7, 11) is 0. The molecule has 0 radical (unpaired) electrons. The lowest BCUT2D eigenvalue weighted by Gasteiger charge is -1.87. The van der Waals surface area contributed by atoms with Crippen molar-refractivity contribution < 1.29 is 0 Å². The average molecular weight is 124 g/mol. The smallest absolute Gasteiger partial charge is 0.0455 e. The molecular weight excluding hydrogens is 112 g/mol.